The summed E-state index contributed by atoms with van der Waals surface area (Å²) in [6.07, 6.45) is 3.58. The minimum atomic E-state index is 0.755. The summed E-state index contributed by atoms with van der Waals surface area (Å²) in [4.78, 5) is 2.65. The van der Waals surface area contributed by atoms with Crippen molar-refractivity contribution in [1.82, 2.24) is 10.2 Å². The van der Waals surface area contributed by atoms with E-state index in [1.165, 1.54) is 31.8 Å². The molecule has 0 bridgehead atoms. The van der Waals surface area contributed by atoms with Gasteiger partial charge in [-0.3, -0.25) is 4.90 Å². The Labute approximate surface area is 106 Å². The van der Waals surface area contributed by atoms with Crippen LogP contribution in [-0.2, 0) is 0 Å². The van der Waals surface area contributed by atoms with Gasteiger partial charge in [-0.1, -0.05) is 13.8 Å². The fourth-order valence-corrected chi connectivity index (χ4v) is 3.05. The van der Waals surface area contributed by atoms with Crippen LogP contribution in [0.25, 0.3) is 0 Å². The van der Waals surface area contributed by atoms with Crippen molar-refractivity contribution in [1.29, 1.82) is 0 Å². The third-order valence-corrected chi connectivity index (χ3v) is 4.15. The molecule has 1 saturated heterocycles. The molecule has 96 valence electrons. The fraction of sp³-hybridized carbons (Fsp3) is 1.00. The molecule has 1 heterocycles. The smallest absolute Gasteiger partial charge is 0.0158 e. The lowest BCUT2D eigenvalue weighted by molar-refractivity contribution is 0.267. The van der Waals surface area contributed by atoms with Crippen LogP contribution in [0.4, 0.5) is 0 Å². The van der Waals surface area contributed by atoms with Crippen LogP contribution >= 0.6 is 11.8 Å². The summed E-state index contributed by atoms with van der Waals surface area (Å²) in [5, 5.41) is 3.59. The topological polar surface area (TPSA) is 15.3 Å². The van der Waals surface area contributed by atoms with E-state index in [-0.39, 0.29) is 0 Å². The predicted octanol–water partition coefficient (Wildman–Crippen LogP) is 2.31. The molecule has 1 rings (SSSR count). The van der Waals surface area contributed by atoms with Gasteiger partial charge in [0.15, 0.2) is 0 Å². The fourth-order valence-electron chi connectivity index (χ4n) is 2.35. The van der Waals surface area contributed by atoms with Gasteiger partial charge < -0.3 is 5.32 Å². The first-order valence-electron chi connectivity index (χ1n) is 6.57. The lowest BCUT2D eigenvalue weighted by Crippen LogP contribution is -2.34. The molecule has 2 atom stereocenters. The molecule has 0 aromatic heterocycles. The van der Waals surface area contributed by atoms with Crippen molar-refractivity contribution in [3.05, 3.63) is 0 Å². The summed E-state index contributed by atoms with van der Waals surface area (Å²) in [7, 11) is 0. The minimum absolute atomic E-state index is 0.755. The molecule has 2 nitrogen and oxygen atoms in total. The van der Waals surface area contributed by atoms with E-state index in [1.54, 1.807) is 0 Å². The number of hydrogen-bond donors (Lipinski definition) is 1. The first kappa shape index (κ1) is 14.3. The summed E-state index contributed by atoms with van der Waals surface area (Å²) >= 11 is 1.96. The maximum Gasteiger partial charge on any atom is 0.0158 e. The van der Waals surface area contributed by atoms with Crippen molar-refractivity contribution in [2.75, 3.05) is 38.2 Å². The number of thioether (sulfide) groups is 1. The number of nitrogens with zero attached hydrogens (tertiary/aromatic N) is 1. The SMILES string of the molecule is CSCC(C)N1CCC(CNCC(C)C)C1. The van der Waals surface area contributed by atoms with Crippen molar-refractivity contribution in [2.45, 2.75) is 33.2 Å². The molecule has 16 heavy (non-hydrogen) atoms. The zero-order chi connectivity index (χ0) is 12.0. The first-order valence-corrected chi connectivity index (χ1v) is 7.96. The molecule has 1 aliphatic heterocycles. The Hall–Kier alpha value is 0.270. The Balaban J connectivity index is 2.14. The van der Waals surface area contributed by atoms with E-state index < -0.39 is 0 Å². The molecule has 0 aromatic rings. The largest absolute Gasteiger partial charge is 0.316 e. The quantitative estimate of drug-likeness (QED) is 0.740. The molecular weight excluding hydrogens is 216 g/mol. The highest BCUT2D eigenvalue weighted by Gasteiger charge is 2.25. The average molecular weight is 244 g/mol. The molecule has 0 saturated carbocycles. The van der Waals surface area contributed by atoms with Crippen molar-refractivity contribution in [3.8, 4) is 0 Å². The number of likely N-dealkylation sites (tertiary alicyclic amines) is 1. The monoisotopic (exact) mass is 244 g/mol. The average Bonchev–Trinajstić information content (AvgIpc) is 2.66. The molecule has 1 N–H and O–H groups in total. The van der Waals surface area contributed by atoms with Crippen molar-refractivity contribution < 1.29 is 0 Å². The van der Waals surface area contributed by atoms with E-state index in [0.29, 0.717) is 0 Å². The molecule has 0 amide bonds. The molecule has 1 fully saturated rings. The maximum atomic E-state index is 3.59. The van der Waals surface area contributed by atoms with Gasteiger partial charge in [-0.25, -0.2) is 0 Å². The summed E-state index contributed by atoms with van der Waals surface area (Å²) in [5.41, 5.74) is 0. The molecule has 1 aliphatic rings. The summed E-state index contributed by atoms with van der Waals surface area (Å²) in [6, 6.07) is 0.755. The van der Waals surface area contributed by atoms with Crippen LogP contribution in [0.2, 0.25) is 0 Å². The highest BCUT2D eigenvalue weighted by molar-refractivity contribution is 7.98. The van der Waals surface area contributed by atoms with Crippen LogP contribution in [0.1, 0.15) is 27.2 Å². The van der Waals surface area contributed by atoms with E-state index in [0.717, 1.165) is 24.4 Å². The maximum absolute atomic E-state index is 3.59. The second-order valence-electron chi connectivity index (χ2n) is 5.51. The van der Waals surface area contributed by atoms with Gasteiger partial charge >= 0.3 is 0 Å². The van der Waals surface area contributed by atoms with Gasteiger partial charge in [0, 0.05) is 18.3 Å². The summed E-state index contributed by atoms with van der Waals surface area (Å²) in [5.74, 6) is 2.92. The van der Waals surface area contributed by atoms with E-state index >= 15 is 0 Å². The normalized spacial score (nSPS) is 24.2. The Kier molecular flexibility index (Phi) is 6.78. The first-order chi connectivity index (χ1) is 7.63. The highest BCUT2D eigenvalue weighted by atomic mass is 32.2. The lowest BCUT2D eigenvalue weighted by atomic mass is 10.1. The molecule has 0 spiro atoms. The zero-order valence-electron chi connectivity index (χ0n) is 11.3. The zero-order valence-corrected chi connectivity index (χ0v) is 12.1. The Morgan fingerprint density at radius 3 is 2.75 bits per heavy atom. The van der Waals surface area contributed by atoms with Crippen molar-refractivity contribution in [2.24, 2.45) is 11.8 Å². The van der Waals surface area contributed by atoms with E-state index in [4.69, 9.17) is 0 Å². The third-order valence-electron chi connectivity index (χ3n) is 3.33. The lowest BCUT2D eigenvalue weighted by Gasteiger charge is -2.23. The van der Waals surface area contributed by atoms with Gasteiger partial charge in [-0.05, 0) is 51.1 Å². The van der Waals surface area contributed by atoms with Gasteiger partial charge in [0.05, 0.1) is 0 Å². The van der Waals surface area contributed by atoms with Crippen LogP contribution in [0.3, 0.4) is 0 Å². The number of nitrogens with one attached hydrogen (secondary N) is 1. The summed E-state index contributed by atoms with van der Waals surface area (Å²) in [6.45, 7) is 11.9. The van der Waals surface area contributed by atoms with Crippen molar-refractivity contribution in [3.63, 3.8) is 0 Å². The van der Waals surface area contributed by atoms with Crippen molar-refractivity contribution >= 4 is 11.8 Å². The van der Waals surface area contributed by atoms with Gasteiger partial charge in [0.2, 0.25) is 0 Å². The van der Waals surface area contributed by atoms with Crippen LogP contribution in [0.5, 0.6) is 0 Å². The predicted molar refractivity (Wildman–Crippen MR) is 75.2 cm³/mol. The van der Waals surface area contributed by atoms with Gasteiger partial charge in [-0.2, -0.15) is 11.8 Å². The highest BCUT2D eigenvalue weighted by Crippen LogP contribution is 2.19. The van der Waals surface area contributed by atoms with Gasteiger partial charge in [-0.15, -0.1) is 0 Å². The molecule has 3 heteroatoms. The molecule has 0 aromatic carbocycles. The van der Waals surface area contributed by atoms with E-state index in [1.807, 2.05) is 11.8 Å². The van der Waals surface area contributed by atoms with E-state index in [9.17, 15) is 0 Å². The number of rotatable bonds is 7. The van der Waals surface area contributed by atoms with Crippen LogP contribution in [0.15, 0.2) is 0 Å². The van der Waals surface area contributed by atoms with E-state index in [2.05, 4.69) is 37.2 Å². The Morgan fingerprint density at radius 2 is 2.12 bits per heavy atom. The van der Waals surface area contributed by atoms with Gasteiger partial charge in [0.25, 0.3) is 0 Å². The second kappa shape index (κ2) is 7.57. The van der Waals surface area contributed by atoms with Gasteiger partial charge in [0.1, 0.15) is 0 Å². The minimum Gasteiger partial charge on any atom is -0.316 e. The summed E-state index contributed by atoms with van der Waals surface area (Å²) < 4.78 is 0. The molecule has 0 aliphatic carbocycles. The Bertz CT molecular complexity index is 185. The number of hydrogen-bond acceptors (Lipinski definition) is 3. The second-order valence-corrected chi connectivity index (χ2v) is 6.42. The molecule has 0 radical (unpaired) electrons. The molecule has 2 unspecified atom stereocenters. The van der Waals surface area contributed by atoms with Crippen LogP contribution in [-0.4, -0.2) is 49.1 Å². The Morgan fingerprint density at radius 1 is 1.38 bits per heavy atom. The van der Waals surface area contributed by atoms with Crippen LogP contribution < -0.4 is 5.32 Å². The third kappa shape index (κ3) is 5.07. The standard InChI is InChI=1S/C13H28N2S/c1-11(2)7-14-8-13-5-6-15(9-13)12(3)10-16-4/h11-14H,5-10H2,1-4H3. The molecular formula is C13H28N2S. The van der Waals surface area contributed by atoms with Crippen LogP contribution in [0, 0.1) is 11.8 Å².